The Hall–Kier alpha value is -0.780. The van der Waals surface area contributed by atoms with Gasteiger partial charge in [0.25, 0.3) is 0 Å². The van der Waals surface area contributed by atoms with Crippen LogP contribution < -0.4 is 9.46 Å². The summed E-state index contributed by atoms with van der Waals surface area (Å²) in [5.74, 6) is 1.16. The fourth-order valence-electron chi connectivity index (χ4n) is 1.48. The van der Waals surface area contributed by atoms with E-state index in [-0.39, 0.29) is 11.7 Å². The van der Waals surface area contributed by atoms with Crippen LogP contribution in [-0.2, 0) is 10.0 Å². The van der Waals surface area contributed by atoms with E-state index in [2.05, 4.69) is 4.72 Å². The third-order valence-corrected chi connectivity index (χ3v) is 4.60. The second-order valence-corrected chi connectivity index (χ2v) is 6.61. The Labute approximate surface area is 120 Å². The summed E-state index contributed by atoms with van der Waals surface area (Å²) in [6.45, 7) is 2.67. The van der Waals surface area contributed by atoms with E-state index in [1.54, 1.807) is 0 Å². The summed E-state index contributed by atoms with van der Waals surface area (Å²) in [5.41, 5.74) is 0. The molecule has 1 rings (SSSR count). The highest BCUT2D eigenvalue weighted by molar-refractivity contribution is 7.89. The first-order valence-electron chi connectivity index (χ1n) is 6.24. The molecule has 0 aliphatic carbocycles. The Balaban J connectivity index is 2.17. The molecule has 6 heteroatoms. The fourth-order valence-corrected chi connectivity index (χ4v) is 3.16. The molecule has 0 saturated heterocycles. The summed E-state index contributed by atoms with van der Waals surface area (Å²) in [5, 5.41) is 0. The predicted molar refractivity (Wildman–Crippen MR) is 78.2 cm³/mol. The summed E-state index contributed by atoms with van der Waals surface area (Å²) in [7, 11) is -3.23. The molecule has 0 radical (unpaired) electrons. The third kappa shape index (κ3) is 7.40. The molecule has 108 valence electrons. The molecular weight excluding hydrogens is 286 g/mol. The SMILES string of the molecule is CC(CCl)CS(=O)(=O)NCCCOc1ccccc1. The van der Waals surface area contributed by atoms with Gasteiger partial charge in [0.2, 0.25) is 10.0 Å². The monoisotopic (exact) mass is 305 g/mol. The van der Waals surface area contributed by atoms with Crippen LogP contribution in [0.3, 0.4) is 0 Å². The summed E-state index contributed by atoms with van der Waals surface area (Å²) in [6.07, 6.45) is 0.628. The Morgan fingerprint density at radius 3 is 2.63 bits per heavy atom. The maximum Gasteiger partial charge on any atom is 0.211 e. The standard InChI is InChI=1S/C13H20ClNO3S/c1-12(10-14)11-19(16,17)15-8-5-9-18-13-6-3-2-4-7-13/h2-4,6-7,12,15H,5,8-11H2,1H3. The van der Waals surface area contributed by atoms with Gasteiger partial charge in [-0.15, -0.1) is 11.6 Å². The minimum absolute atomic E-state index is 0.0419. The van der Waals surface area contributed by atoms with Crippen molar-refractivity contribution >= 4 is 21.6 Å². The number of alkyl halides is 1. The molecule has 1 aromatic carbocycles. The highest BCUT2D eigenvalue weighted by Gasteiger charge is 2.14. The van der Waals surface area contributed by atoms with Crippen LogP contribution in [0.5, 0.6) is 5.75 Å². The Morgan fingerprint density at radius 2 is 2.00 bits per heavy atom. The number of ether oxygens (including phenoxy) is 1. The Bertz CT molecular complexity index is 450. The second-order valence-electron chi connectivity index (χ2n) is 4.45. The van der Waals surface area contributed by atoms with Gasteiger partial charge in [-0.05, 0) is 24.5 Å². The molecule has 0 heterocycles. The Kier molecular flexibility index (Phi) is 7.20. The normalized spacial score (nSPS) is 13.2. The molecule has 1 aromatic rings. The van der Waals surface area contributed by atoms with E-state index < -0.39 is 10.0 Å². The first-order chi connectivity index (χ1) is 9.03. The van der Waals surface area contributed by atoms with Crippen molar-refractivity contribution in [1.29, 1.82) is 0 Å². The number of sulfonamides is 1. The molecule has 0 saturated carbocycles. The largest absolute Gasteiger partial charge is 0.494 e. The zero-order valence-corrected chi connectivity index (χ0v) is 12.6. The average Bonchev–Trinajstić information content (AvgIpc) is 2.38. The van der Waals surface area contributed by atoms with Gasteiger partial charge in [-0.25, -0.2) is 13.1 Å². The smallest absolute Gasteiger partial charge is 0.211 e. The molecule has 0 aromatic heterocycles. The first-order valence-corrected chi connectivity index (χ1v) is 8.43. The molecule has 0 fully saturated rings. The zero-order valence-electron chi connectivity index (χ0n) is 11.0. The topological polar surface area (TPSA) is 55.4 Å². The van der Waals surface area contributed by atoms with Gasteiger partial charge in [0.05, 0.1) is 12.4 Å². The molecule has 1 unspecified atom stereocenters. The van der Waals surface area contributed by atoms with Crippen LogP contribution in [0.25, 0.3) is 0 Å². The summed E-state index contributed by atoms with van der Waals surface area (Å²) >= 11 is 5.60. The van der Waals surface area contributed by atoms with Crippen molar-refractivity contribution in [3.8, 4) is 5.75 Å². The highest BCUT2D eigenvalue weighted by atomic mass is 35.5. The maximum atomic E-state index is 11.6. The van der Waals surface area contributed by atoms with Gasteiger partial charge in [0, 0.05) is 12.4 Å². The van der Waals surface area contributed by atoms with Crippen LogP contribution in [0.15, 0.2) is 30.3 Å². The van der Waals surface area contributed by atoms with Gasteiger partial charge in [-0.3, -0.25) is 0 Å². The lowest BCUT2D eigenvalue weighted by atomic mass is 10.3. The molecule has 0 bridgehead atoms. The molecule has 1 atom stereocenters. The minimum Gasteiger partial charge on any atom is -0.494 e. The van der Waals surface area contributed by atoms with Gasteiger partial charge in [0.1, 0.15) is 5.75 Å². The van der Waals surface area contributed by atoms with Crippen molar-refractivity contribution in [2.45, 2.75) is 13.3 Å². The van der Waals surface area contributed by atoms with Gasteiger partial charge in [-0.1, -0.05) is 25.1 Å². The Morgan fingerprint density at radius 1 is 1.32 bits per heavy atom. The van der Waals surface area contributed by atoms with Crippen molar-refractivity contribution in [2.75, 3.05) is 24.8 Å². The molecule has 0 aliphatic rings. The number of hydrogen-bond acceptors (Lipinski definition) is 3. The van der Waals surface area contributed by atoms with Crippen LogP contribution in [0, 0.1) is 5.92 Å². The van der Waals surface area contributed by atoms with Gasteiger partial charge >= 0.3 is 0 Å². The quantitative estimate of drug-likeness (QED) is 0.562. The maximum absolute atomic E-state index is 11.6. The number of rotatable bonds is 9. The molecule has 0 amide bonds. The van der Waals surface area contributed by atoms with E-state index in [0.717, 1.165) is 5.75 Å². The van der Waals surface area contributed by atoms with Crippen LogP contribution in [0.2, 0.25) is 0 Å². The van der Waals surface area contributed by atoms with Crippen molar-refractivity contribution in [1.82, 2.24) is 4.72 Å². The summed E-state index contributed by atoms with van der Waals surface area (Å²) < 4.78 is 31.3. The van der Waals surface area contributed by atoms with E-state index in [1.807, 2.05) is 37.3 Å². The van der Waals surface area contributed by atoms with E-state index in [0.29, 0.717) is 25.5 Å². The molecule has 19 heavy (non-hydrogen) atoms. The highest BCUT2D eigenvalue weighted by Crippen LogP contribution is 2.08. The molecule has 0 spiro atoms. The van der Waals surface area contributed by atoms with Crippen LogP contribution in [0.4, 0.5) is 0 Å². The lowest BCUT2D eigenvalue weighted by Gasteiger charge is -2.10. The van der Waals surface area contributed by atoms with E-state index in [9.17, 15) is 8.42 Å². The van der Waals surface area contributed by atoms with Crippen LogP contribution in [0.1, 0.15) is 13.3 Å². The van der Waals surface area contributed by atoms with E-state index in [1.165, 1.54) is 0 Å². The van der Waals surface area contributed by atoms with Crippen LogP contribution in [-0.4, -0.2) is 33.2 Å². The average molecular weight is 306 g/mol. The first kappa shape index (κ1) is 16.3. The molecule has 1 N–H and O–H groups in total. The molecular formula is C13H20ClNO3S. The van der Waals surface area contributed by atoms with Crippen molar-refractivity contribution in [3.05, 3.63) is 30.3 Å². The third-order valence-electron chi connectivity index (χ3n) is 2.42. The molecule has 4 nitrogen and oxygen atoms in total. The van der Waals surface area contributed by atoms with Crippen molar-refractivity contribution in [2.24, 2.45) is 5.92 Å². The number of para-hydroxylation sites is 1. The second kappa shape index (κ2) is 8.40. The van der Waals surface area contributed by atoms with Gasteiger partial charge in [-0.2, -0.15) is 0 Å². The lowest BCUT2D eigenvalue weighted by Crippen LogP contribution is -2.31. The van der Waals surface area contributed by atoms with E-state index >= 15 is 0 Å². The minimum atomic E-state index is -3.23. The van der Waals surface area contributed by atoms with E-state index in [4.69, 9.17) is 16.3 Å². The number of halogens is 1. The van der Waals surface area contributed by atoms with Gasteiger partial charge < -0.3 is 4.74 Å². The fraction of sp³-hybridized carbons (Fsp3) is 0.538. The summed E-state index contributed by atoms with van der Waals surface area (Å²) in [6, 6.07) is 9.44. The number of hydrogen-bond donors (Lipinski definition) is 1. The number of nitrogens with one attached hydrogen (secondary N) is 1. The molecule has 0 aliphatic heterocycles. The van der Waals surface area contributed by atoms with Crippen LogP contribution >= 0.6 is 11.6 Å². The van der Waals surface area contributed by atoms with Gasteiger partial charge in [0.15, 0.2) is 0 Å². The lowest BCUT2D eigenvalue weighted by molar-refractivity contribution is 0.311. The summed E-state index contributed by atoms with van der Waals surface area (Å²) in [4.78, 5) is 0. The zero-order chi connectivity index (χ0) is 14.1. The van der Waals surface area contributed by atoms with Crippen molar-refractivity contribution < 1.29 is 13.2 Å². The van der Waals surface area contributed by atoms with Crippen molar-refractivity contribution in [3.63, 3.8) is 0 Å². The number of benzene rings is 1. The predicted octanol–water partition coefficient (Wildman–Crippen LogP) is 2.25.